The third-order valence-corrected chi connectivity index (χ3v) is 5.29. The van der Waals surface area contributed by atoms with E-state index in [2.05, 4.69) is 17.1 Å². The summed E-state index contributed by atoms with van der Waals surface area (Å²) in [5.41, 5.74) is 3.04. The van der Waals surface area contributed by atoms with Crippen LogP contribution in [0.25, 0.3) is 11.4 Å². The van der Waals surface area contributed by atoms with E-state index >= 15 is 0 Å². The molecule has 2 aliphatic heterocycles. The van der Waals surface area contributed by atoms with Gasteiger partial charge in [-0.05, 0) is 31.2 Å². The first-order chi connectivity index (χ1) is 15.3. The monoisotopic (exact) mass is 451 g/mol. The van der Waals surface area contributed by atoms with Crippen LogP contribution >= 0.6 is 0 Å². The fourth-order valence-corrected chi connectivity index (χ4v) is 3.68. The van der Waals surface area contributed by atoms with Crippen LogP contribution in [-0.4, -0.2) is 61.1 Å². The van der Waals surface area contributed by atoms with Gasteiger partial charge in [0.15, 0.2) is 5.82 Å². The van der Waals surface area contributed by atoms with E-state index in [1.165, 1.54) is 0 Å². The van der Waals surface area contributed by atoms with Crippen LogP contribution in [0.3, 0.4) is 0 Å². The van der Waals surface area contributed by atoms with Gasteiger partial charge in [-0.3, -0.25) is 0 Å². The number of anilines is 2. The quantitative estimate of drug-likeness (QED) is 0.743. The maximum absolute atomic E-state index is 12.2. The molecule has 2 N–H and O–H groups in total. The van der Waals surface area contributed by atoms with Crippen LogP contribution in [0.4, 0.5) is 29.5 Å². The molecular weight excluding hydrogens is 427 g/mol. The number of carbonyl (C=O) groups excluding carboxylic acids is 1. The zero-order valence-corrected chi connectivity index (χ0v) is 17.5. The smallest absolute Gasteiger partial charge is 0.377 e. The topological polar surface area (TPSA) is 88.6 Å². The summed E-state index contributed by atoms with van der Waals surface area (Å²) in [6, 6.07) is 5.90. The number of benzene rings is 1. The van der Waals surface area contributed by atoms with Crippen molar-refractivity contribution in [1.29, 1.82) is 0 Å². The Morgan fingerprint density at radius 1 is 1.19 bits per heavy atom. The van der Waals surface area contributed by atoms with Gasteiger partial charge in [0.1, 0.15) is 12.4 Å². The Hall–Kier alpha value is -2.92. The average molecular weight is 451 g/mol. The first-order valence-electron chi connectivity index (χ1n) is 10.3. The van der Waals surface area contributed by atoms with Crippen molar-refractivity contribution in [2.24, 2.45) is 0 Å². The van der Waals surface area contributed by atoms with Crippen molar-refractivity contribution in [1.82, 2.24) is 15.3 Å². The molecule has 4 rings (SSSR count). The second kappa shape index (κ2) is 9.29. The van der Waals surface area contributed by atoms with Crippen LogP contribution in [0.2, 0.25) is 0 Å². The highest BCUT2D eigenvalue weighted by Crippen LogP contribution is 2.31. The van der Waals surface area contributed by atoms with Crippen molar-refractivity contribution in [3.63, 3.8) is 0 Å². The molecule has 1 atom stereocenters. The molecule has 1 saturated heterocycles. The van der Waals surface area contributed by atoms with Gasteiger partial charge in [-0.25, -0.2) is 14.8 Å². The number of hydrogen-bond acceptors (Lipinski definition) is 6. The molecule has 1 aromatic heterocycles. The van der Waals surface area contributed by atoms with Crippen molar-refractivity contribution in [2.45, 2.75) is 32.2 Å². The first kappa shape index (κ1) is 22.3. The van der Waals surface area contributed by atoms with Crippen molar-refractivity contribution in [2.75, 3.05) is 43.1 Å². The van der Waals surface area contributed by atoms with E-state index in [9.17, 15) is 18.0 Å². The Kier molecular flexibility index (Phi) is 6.47. The minimum atomic E-state index is -4.47. The van der Waals surface area contributed by atoms with Gasteiger partial charge in [0.05, 0.1) is 38.2 Å². The summed E-state index contributed by atoms with van der Waals surface area (Å²) >= 11 is 0. The van der Waals surface area contributed by atoms with Gasteiger partial charge in [0, 0.05) is 29.8 Å². The molecule has 0 spiro atoms. The SMILES string of the molecule is CC1COCCN1c1nc(-c2ccc(NC(=O)NCC(F)(F)F)cc2)nc2c1COCC2. The number of alkyl halides is 3. The second-order valence-corrected chi connectivity index (χ2v) is 7.72. The largest absolute Gasteiger partial charge is 0.405 e. The molecule has 0 bridgehead atoms. The molecule has 1 aromatic carbocycles. The minimum absolute atomic E-state index is 0.166. The Morgan fingerprint density at radius 2 is 1.97 bits per heavy atom. The Balaban J connectivity index is 1.55. The normalized spacial score (nSPS) is 18.8. The molecule has 0 radical (unpaired) electrons. The van der Waals surface area contributed by atoms with E-state index in [0.717, 1.165) is 29.2 Å². The van der Waals surface area contributed by atoms with E-state index in [1.807, 2.05) is 0 Å². The Morgan fingerprint density at radius 3 is 2.69 bits per heavy atom. The number of nitrogens with one attached hydrogen (secondary N) is 2. The van der Waals surface area contributed by atoms with Crippen LogP contribution in [0.5, 0.6) is 0 Å². The summed E-state index contributed by atoms with van der Waals surface area (Å²) in [6.07, 6.45) is -3.78. The summed E-state index contributed by atoms with van der Waals surface area (Å²) in [5.74, 6) is 1.39. The van der Waals surface area contributed by atoms with Crippen molar-refractivity contribution in [3.8, 4) is 11.4 Å². The molecule has 2 amide bonds. The summed E-state index contributed by atoms with van der Waals surface area (Å²) in [6.45, 7) is 3.71. The molecule has 32 heavy (non-hydrogen) atoms. The predicted molar refractivity (Wildman–Crippen MR) is 112 cm³/mol. The molecule has 2 aromatic rings. The molecule has 172 valence electrons. The predicted octanol–water partition coefficient (Wildman–Crippen LogP) is 3.13. The van der Waals surface area contributed by atoms with E-state index in [4.69, 9.17) is 19.4 Å². The number of urea groups is 1. The molecule has 11 heteroatoms. The lowest BCUT2D eigenvalue weighted by atomic mass is 10.1. The van der Waals surface area contributed by atoms with Gasteiger partial charge in [-0.1, -0.05) is 0 Å². The number of aromatic nitrogens is 2. The van der Waals surface area contributed by atoms with Crippen molar-refractivity contribution >= 4 is 17.5 Å². The number of morpholine rings is 1. The molecule has 1 unspecified atom stereocenters. The summed E-state index contributed by atoms with van der Waals surface area (Å²) in [7, 11) is 0. The van der Waals surface area contributed by atoms with Gasteiger partial charge < -0.3 is 25.0 Å². The molecular formula is C21H24F3N5O3. The molecule has 1 fully saturated rings. The maximum atomic E-state index is 12.2. The minimum Gasteiger partial charge on any atom is -0.377 e. The molecule has 2 aliphatic rings. The Labute approximate surface area is 183 Å². The van der Waals surface area contributed by atoms with Crippen molar-refractivity contribution in [3.05, 3.63) is 35.5 Å². The number of ether oxygens (including phenoxy) is 2. The van der Waals surface area contributed by atoms with Gasteiger partial charge >= 0.3 is 12.2 Å². The van der Waals surface area contributed by atoms with Gasteiger partial charge in [-0.2, -0.15) is 13.2 Å². The van der Waals surface area contributed by atoms with Crippen LogP contribution < -0.4 is 15.5 Å². The fourth-order valence-electron chi connectivity index (χ4n) is 3.68. The zero-order chi connectivity index (χ0) is 22.7. The van der Waals surface area contributed by atoms with E-state index < -0.39 is 18.8 Å². The van der Waals surface area contributed by atoms with Crippen LogP contribution in [0.1, 0.15) is 18.2 Å². The number of rotatable bonds is 4. The van der Waals surface area contributed by atoms with E-state index in [1.54, 1.807) is 29.6 Å². The number of halogens is 3. The van der Waals surface area contributed by atoms with Crippen LogP contribution in [-0.2, 0) is 22.5 Å². The van der Waals surface area contributed by atoms with Gasteiger partial charge in [-0.15, -0.1) is 0 Å². The number of hydrogen-bond donors (Lipinski definition) is 2. The van der Waals surface area contributed by atoms with E-state index in [-0.39, 0.29) is 6.04 Å². The van der Waals surface area contributed by atoms with Crippen molar-refractivity contribution < 1.29 is 27.4 Å². The standard InChI is InChI=1S/C21H24F3N5O3/c1-13-10-32-9-7-29(13)19-16-11-31-8-6-17(16)27-18(28-19)14-2-4-15(5-3-14)26-20(30)25-12-21(22,23)24/h2-5,13H,6-12H2,1H3,(H2,25,26,30). The van der Waals surface area contributed by atoms with Crippen LogP contribution in [0.15, 0.2) is 24.3 Å². The third-order valence-electron chi connectivity index (χ3n) is 5.29. The summed E-state index contributed by atoms with van der Waals surface area (Å²) in [4.78, 5) is 23.4. The third kappa shape index (κ3) is 5.28. The Bertz CT molecular complexity index is 968. The second-order valence-electron chi connectivity index (χ2n) is 7.72. The molecule has 8 nitrogen and oxygen atoms in total. The lowest BCUT2D eigenvalue weighted by Gasteiger charge is -2.36. The lowest BCUT2D eigenvalue weighted by molar-refractivity contribution is -0.122. The first-order valence-corrected chi connectivity index (χ1v) is 10.3. The summed E-state index contributed by atoms with van der Waals surface area (Å²) < 4.78 is 47.9. The maximum Gasteiger partial charge on any atom is 0.405 e. The highest BCUT2D eigenvalue weighted by Gasteiger charge is 2.28. The number of amides is 2. The fraction of sp³-hybridized carbons (Fsp3) is 0.476. The highest BCUT2D eigenvalue weighted by atomic mass is 19.4. The van der Waals surface area contributed by atoms with Gasteiger partial charge in [0.25, 0.3) is 0 Å². The molecule has 0 aliphatic carbocycles. The van der Waals surface area contributed by atoms with E-state index in [0.29, 0.717) is 44.4 Å². The van der Waals surface area contributed by atoms with Gasteiger partial charge in [0.2, 0.25) is 0 Å². The molecule has 0 saturated carbocycles. The number of nitrogens with zero attached hydrogens (tertiary/aromatic N) is 3. The number of fused-ring (bicyclic) bond motifs is 1. The lowest BCUT2D eigenvalue weighted by Crippen LogP contribution is -2.45. The summed E-state index contributed by atoms with van der Waals surface area (Å²) in [5, 5.41) is 4.15. The van der Waals surface area contributed by atoms with Crippen LogP contribution in [0, 0.1) is 0 Å². The zero-order valence-electron chi connectivity index (χ0n) is 17.5. The molecule has 3 heterocycles. The number of carbonyl (C=O) groups is 1. The average Bonchev–Trinajstić information content (AvgIpc) is 2.77. The highest BCUT2D eigenvalue weighted by molar-refractivity contribution is 5.89.